The van der Waals surface area contributed by atoms with Crippen molar-refractivity contribution in [3.63, 3.8) is 0 Å². The molecular weight excluding hydrogens is 388 g/mol. The number of benzene rings is 1. The molecule has 6 nitrogen and oxygen atoms in total. The first-order chi connectivity index (χ1) is 14.0. The quantitative estimate of drug-likeness (QED) is 0.752. The van der Waals surface area contributed by atoms with Crippen LogP contribution < -0.4 is 0 Å². The van der Waals surface area contributed by atoms with Crippen molar-refractivity contribution in [2.45, 2.75) is 32.3 Å². The number of likely N-dealkylation sites (tertiary alicyclic amines) is 1. The van der Waals surface area contributed by atoms with Crippen molar-refractivity contribution in [2.75, 3.05) is 46.0 Å². The molecule has 2 saturated heterocycles. The summed E-state index contributed by atoms with van der Waals surface area (Å²) in [6, 6.07) is 8.22. The number of carbonyl (C=O) groups excluding carboxylic acids is 2. The van der Waals surface area contributed by atoms with Gasteiger partial charge in [-0.2, -0.15) is 0 Å². The standard InChI is InChI=1S/C22H28N2O4S/c1-15(2)28-14-19(25)24-8-7-16(13-24)20-17-5-3-4-6-18(17)29-21(20)22(26)23-9-11-27-12-10-23/h3-6,15-16H,7-14H2,1-2H3/t16-/m1/s1. The van der Waals surface area contributed by atoms with E-state index in [2.05, 4.69) is 12.1 Å². The molecule has 0 bridgehead atoms. The maximum Gasteiger partial charge on any atom is 0.264 e. The van der Waals surface area contributed by atoms with Gasteiger partial charge in [-0.15, -0.1) is 11.3 Å². The van der Waals surface area contributed by atoms with Crippen LogP contribution in [0.3, 0.4) is 0 Å². The Hall–Kier alpha value is -1.96. The van der Waals surface area contributed by atoms with E-state index < -0.39 is 0 Å². The van der Waals surface area contributed by atoms with Crippen molar-refractivity contribution < 1.29 is 19.1 Å². The summed E-state index contributed by atoms with van der Waals surface area (Å²) in [6.45, 7) is 7.78. The Morgan fingerprint density at radius 3 is 2.69 bits per heavy atom. The number of thiophene rings is 1. The van der Waals surface area contributed by atoms with Crippen molar-refractivity contribution in [1.29, 1.82) is 0 Å². The van der Waals surface area contributed by atoms with Crippen LogP contribution in [0.15, 0.2) is 24.3 Å². The fourth-order valence-corrected chi connectivity index (χ4v) is 5.35. The molecule has 0 unspecified atom stereocenters. The van der Waals surface area contributed by atoms with Crippen LogP contribution >= 0.6 is 11.3 Å². The predicted octanol–water partition coefficient (Wildman–Crippen LogP) is 3.11. The molecule has 2 aromatic rings. The molecule has 7 heteroatoms. The number of hydrogen-bond acceptors (Lipinski definition) is 5. The first kappa shape index (κ1) is 20.3. The van der Waals surface area contributed by atoms with Crippen molar-refractivity contribution in [3.05, 3.63) is 34.7 Å². The monoisotopic (exact) mass is 416 g/mol. The molecule has 2 amide bonds. The predicted molar refractivity (Wildman–Crippen MR) is 114 cm³/mol. The fourth-order valence-electron chi connectivity index (χ4n) is 4.09. The van der Waals surface area contributed by atoms with E-state index >= 15 is 0 Å². The maximum absolute atomic E-state index is 13.3. The molecule has 156 valence electrons. The number of carbonyl (C=O) groups is 2. The number of rotatable bonds is 5. The van der Waals surface area contributed by atoms with Gasteiger partial charge in [-0.05, 0) is 37.3 Å². The third-order valence-corrected chi connectivity index (χ3v) is 6.79. The summed E-state index contributed by atoms with van der Waals surface area (Å²) in [5, 5.41) is 1.15. The Morgan fingerprint density at radius 2 is 1.93 bits per heavy atom. The summed E-state index contributed by atoms with van der Waals surface area (Å²) in [4.78, 5) is 30.4. The van der Waals surface area contributed by atoms with Crippen LogP contribution in [-0.2, 0) is 14.3 Å². The molecule has 0 radical (unpaired) electrons. The van der Waals surface area contributed by atoms with Gasteiger partial charge in [0.1, 0.15) is 6.61 Å². The van der Waals surface area contributed by atoms with E-state index in [-0.39, 0.29) is 30.4 Å². The summed E-state index contributed by atoms with van der Waals surface area (Å²) in [7, 11) is 0. The minimum Gasteiger partial charge on any atom is -0.378 e. The number of hydrogen-bond donors (Lipinski definition) is 0. The summed E-state index contributed by atoms with van der Waals surface area (Å²) < 4.78 is 12.0. The van der Waals surface area contributed by atoms with Crippen LogP contribution in [0.25, 0.3) is 10.1 Å². The molecule has 2 aliphatic heterocycles. The van der Waals surface area contributed by atoms with Gasteiger partial charge in [0, 0.05) is 36.8 Å². The summed E-state index contributed by atoms with van der Waals surface area (Å²) in [5.74, 6) is 0.299. The van der Waals surface area contributed by atoms with E-state index in [4.69, 9.17) is 9.47 Å². The Labute approximate surface area is 175 Å². The molecule has 1 aromatic heterocycles. The van der Waals surface area contributed by atoms with Gasteiger partial charge in [0.05, 0.1) is 24.2 Å². The second-order valence-electron chi connectivity index (χ2n) is 7.93. The normalized spacial score (nSPS) is 20.0. The van der Waals surface area contributed by atoms with Crippen LogP contribution in [0.2, 0.25) is 0 Å². The number of nitrogens with zero attached hydrogens (tertiary/aromatic N) is 2. The molecule has 29 heavy (non-hydrogen) atoms. The SMILES string of the molecule is CC(C)OCC(=O)N1CC[C@@H](c2c(C(=O)N3CCOCC3)sc3ccccc23)C1. The zero-order chi connectivity index (χ0) is 20.4. The highest BCUT2D eigenvalue weighted by Gasteiger charge is 2.34. The summed E-state index contributed by atoms with van der Waals surface area (Å²) >= 11 is 1.58. The molecule has 0 saturated carbocycles. The minimum atomic E-state index is 0.0294. The average molecular weight is 417 g/mol. The smallest absolute Gasteiger partial charge is 0.264 e. The zero-order valence-corrected chi connectivity index (χ0v) is 17.9. The summed E-state index contributed by atoms with van der Waals surface area (Å²) in [5.41, 5.74) is 1.11. The van der Waals surface area contributed by atoms with Gasteiger partial charge in [-0.3, -0.25) is 9.59 Å². The molecule has 2 aliphatic rings. The Morgan fingerprint density at radius 1 is 1.17 bits per heavy atom. The minimum absolute atomic E-state index is 0.0294. The van der Waals surface area contributed by atoms with Crippen molar-refractivity contribution in [2.24, 2.45) is 0 Å². The number of ether oxygens (including phenoxy) is 2. The second-order valence-corrected chi connectivity index (χ2v) is 8.98. The van der Waals surface area contributed by atoms with Crippen LogP contribution in [0.5, 0.6) is 0 Å². The Balaban J connectivity index is 1.59. The molecule has 4 rings (SSSR count). The third kappa shape index (κ3) is 4.32. The van der Waals surface area contributed by atoms with E-state index in [1.54, 1.807) is 11.3 Å². The molecule has 0 spiro atoms. The van der Waals surface area contributed by atoms with Crippen LogP contribution in [0.4, 0.5) is 0 Å². The van der Waals surface area contributed by atoms with Crippen molar-refractivity contribution in [3.8, 4) is 0 Å². The van der Waals surface area contributed by atoms with E-state index in [1.165, 1.54) is 0 Å². The largest absolute Gasteiger partial charge is 0.378 e. The lowest BCUT2D eigenvalue weighted by atomic mass is 9.94. The third-order valence-electron chi connectivity index (χ3n) is 5.62. The van der Waals surface area contributed by atoms with Gasteiger partial charge in [-0.1, -0.05) is 18.2 Å². The van der Waals surface area contributed by atoms with E-state index in [0.717, 1.165) is 26.9 Å². The van der Waals surface area contributed by atoms with Gasteiger partial charge in [0.25, 0.3) is 5.91 Å². The lowest BCUT2D eigenvalue weighted by Gasteiger charge is -2.27. The Bertz CT molecular complexity index is 888. The highest BCUT2D eigenvalue weighted by atomic mass is 32.1. The number of amides is 2. The maximum atomic E-state index is 13.3. The zero-order valence-electron chi connectivity index (χ0n) is 17.1. The average Bonchev–Trinajstić information content (AvgIpc) is 3.36. The van der Waals surface area contributed by atoms with Crippen molar-refractivity contribution in [1.82, 2.24) is 9.80 Å². The molecule has 2 fully saturated rings. The molecule has 3 heterocycles. The van der Waals surface area contributed by atoms with Gasteiger partial charge in [0.2, 0.25) is 5.91 Å². The van der Waals surface area contributed by atoms with Crippen molar-refractivity contribution >= 4 is 33.2 Å². The van der Waals surface area contributed by atoms with Crippen LogP contribution in [0, 0.1) is 0 Å². The molecular formula is C22H28N2O4S. The molecule has 1 atom stereocenters. The first-order valence-electron chi connectivity index (χ1n) is 10.3. The van der Waals surface area contributed by atoms with Gasteiger partial charge in [-0.25, -0.2) is 0 Å². The van der Waals surface area contributed by atoms with E-state index in [1.807, 2.05) is 35.8 Å². The second kappa shape index (κ2) is 8.81. The van der Waals surface area contributed by atoms with E-state index in [9.17, 15) is 9.59 Å². The van der Waals surface area contributed by atoms with Crippen LogP contribution in [-0.4, -0.2) is 73.7 Å². The van der Waals surface area contributed by atoms with Gasteiger partial charge >= 0.3 is 0 Å². The number of fused-ring (bicyclic) bond motifs is 1. The lowest BCUT2D eigenvalue weighted by Crippen LogP contribution is -2.40. The fraction of sp³-hybridized carbons (Fsp3) is 0.545. The lowest BCUT2D eigenvalue weighted by molar-refractivity contribution is -0.136. The van der Waals surface area contributed by atoms with E-state index in [0.29, 0.717) is 39.4 Å². The van der Waals surface area contributed by atoms with Crippen LogP contribution in [0.1, 0.15) is 41.4 Å². The highest BCUT2D eigenvalue weighted by molar-refractivity contribution is 7.21. The number of morpholine rings is 1. The van der Waals surface area contributed by atoms with Gasteiger partial charge < -0.3 is 19.3 Å². The highest BCUT2D eigenvalue weighted by Crippen LogP contribution is 2.40. The summed E-state index contributed by atoms with van der Waals surface area (Å²) in [6.07, 6.45) is 0.910. The Kier molecular flexibility index (Phi) is 6.18. The topological polar surface area (TPSA) is 59.1 Å². The first-order valence-corrected chi connectivity index (χ1v) is 11.1. The molecule has 0 N–H and O–H groups in total. The van der Waals surface area contributed by atoms with Gasteiger partial charge in [0.15, 0.2) is 0 Å². The molecule has 0 aliphatic carbocycles. The molecule has 1 aromatic carbocycles.